The van der Waals surface area contributed by atoms with Crippen LogP contribution in [0.4, 0.5) is 10.1 Å². The summed E-state index contributed by atoms with van der Waals surface area (Å²) in [5.74, 6) is 0.543. The zero-order valence-electron chi connectivity index (χ0n) is 13.4. The maximum atomic E-state index is 14.2. The fraction of sp³-hybridized carbons (Fsp3) is 0.647. The number of ether oxygens (including phenoxy) is 1. The summed E-state index contributed by atoms with van der Waals surface area (Å²) in [6.45, 7) is 7.43. The van der Waals surface area contributed by atoms with Gasteiger partial charge in [0.05, 0.1) is 6.61 Å². The summed E-state index contributed by atoms with van der Waals surface area (Å²) >= 11 is 0. The van der Waals surface area contributed by atoms with Crippen LogP contribution in [-0.2, 0) is 11.3 Å². The number of nitrogens with zero attached hydrogens (tertiary/aromatic N) is 1. The molecule has 1 fully saturated rings. The molecule has 0 spiro atoms. The predicted molar refractivity (Wildman–Crippen MR) is 85.2 cm³/mol. The minimum Gasteiger partial charge on any atom is -0.383 e. The molecule has 1 heterocycles. The van der Waals surface area contributed by atoms with Crippen molar-refractivity contribution in [3.8, 4) is 0 Å². The van der Waals surface area contributed by atoms with Crippen molar-refractivity contribution < 1.29 is 9.13 Å². The van der Waals surface area contributed by atoms with Gasteiger partial charge in [0.2, 0.25) is 0 Å². The molecule has 0 bridgehead atoms. The van der Waals surface area contributed by atoms with Gasteiger partial charge in [0, 0.05) is 44.0 Å². The molecule has 0 aliphatic carbocycles. The third-order valence-electron chi connectivity index (χ3n) is 4.31. The van der Waals surface area contributed by atoms with Crippen LogP contribution in [0.2, 0.25) is 0 Å². The van der Waals surface area contributed by atoms with Crippen LogP contribution in [-0.4, -0.2) is 32.8 Å². The first-order chi connectivity index (χ1) is 10.1. The van der Waals surface area contributed by atoms with Crippen LogP contribution in [0.25, 0.3) is 0 Å². The standard InChI is InChI=1S/C17H27FN2O/c1-13-7-8-14(2)20(12-13)17-6-4-5-16(18)15(17)11-19-9-10-21-3/h4-6,13-14,19H,7-12H2,1-3H3. The molecule has 0 aromatic heterocycles. The third-order valence-corrected chi connectivity index (χ3v) is 4.31. The van der Waals surface area contributed by atoms with Crippen LogP contribution in [0.5, 0.6) is 0 Å². The molecule has 3 nitrogen and oxygen atoms in total. The molecule has 1 aliphatic rings. The number of nitrogens with one attached hydrogen (secondary N) is 1. The predicted octanol–water partition coefficient (Wildman–Crippen LogP) is 3.19. The van der Waals surface area contributed by atoms with Crippen molar-refractivity contribution in [2.75, 3.05) is 31.7 Å². The molecule has 1 aromatic carbocycles. The topological polar surface area (TPSA) is 24.5 Å². The van der Waals surface area contributed by atoms with Gasteiger partial charge in [-0.15, -0.1) is 0 Å². The van der Waals surface area contributed by atoms with Gasteiger partial charge in [-0.3, -0.25) is 0 Å². The summed E-state index contributed by atoms with van der Waals surface area (Å²) in [4.78, 5) is 2.37. The van der Waals surface area contributed by atoms with Crippen molar-refractivity contribution in [2.24, 2.45) is 5.92 Å². The minimum absolute atomic E-state index is 0.122. The van der Waals surface area contributed by atoms with Gasteiger partial charge in [-0.25, -0.2) is 4.39 Å². The maximum absolute atomic E-state index is 14.2. The number of hydrogen-bond donors (Lipinski definition) is 1. The van der Waals surface area contributed by atoms with Gasteiger partial charge in [0.25, 0.3) is 0 Å². The summed E-state index contributed by atoms with van der Waals surface area (Å²) in [5, 5.41) is 3.26. The van der Waals surface area contributed by atoms with E-state index in [0.717, 1.165) is 24.3 Å². The van der Waals surface area contributed by atoms with E-state index in [4.69, 9.17) is 4.74 Å². The average Bonchev–Trinajstić information content (AvgIpc) is 2.47. The molecule has 0 radical (unpaired) electrons. The zero-order valence-corrected chi connectivity index (χ0v) is 13.4. The molecule has 21 heavy (non-hydrogen) atoms. The van der Waals surface area contributed by atoms with Gasteiger partial charge in [0.1, 0.15) is 5.82 Å². The van der Waals surface area contributed by atoms with E-state index < -0.39 is 0 Å². The number of methoxy groups -OCH3 is 1. The van der Waals surface area contributed by atoms with Gasteiger partial charge in [-0.2, -0.15) is 0 Å². The maximum Gasteiger partial charge on any atom is 0.129 e. The molecule has 2 atom stereocenters. The molecule has 4 heteroatoms. The van der Waals surface area contributed by atoms with Crippen LogP contribution in [0.3, 0.4) is 0 Å². The van der Waals surface area contributed by atoms with E-state index in [0.29, 0.717) is 25.1 Å². The number of halogens is 1. The summed E-state index contributed by atoms with van der Waals surface area (Å²) in [6.07, 6.45) is 2.43. The monoisotopic (exact) mass is 294 g/mol. The summed E-state index contributed by atoms with van der Waals surface area (Å²) in [6, 6.07) is 5.88. The van der Waals surface area contributed by atoms with Crippen molar-refractivity contribution in [3.63, 3.8) is 0 Å². The SMILES string of the molecule is COCCNCc1c(F)cccc1N1CC(C)CCC1C. The Kier molecular flexibility index (Phi) is 6.00. The van der Waals surface area contributed by atoms with E-state index in [1.54, 1.807) is 13.2 Å². The van der Waals surface area contributed by atoms with Gasteiger partial charge < -0.3 is 15.0 Å². The highest BCUT2D eigenvalue weighted by molar-refractivity contribution is 5.55. The van der Waals surface area contributed by atoms with Crippen LogP contribution in [0, 0.1) is 11.7 Å². The number of hydrogen-bond acceptors (Lipinski definition) is 3. The second-order valence-corrected chi connectivity index (χ2v) is 6.09. The average molecular weight is 294 g/mol. The lowest BCUT2D eigenvalue weighted by Gasteiger charge is -2.39. The van der Waals surface area contributed by atoms with E-state index in [9.17, 15) is 4.39 Å². The minimum atomic E-state index is -0.122. The van der Waals surface area contributed by atoms with Gasteiger partial charge in [0.15, 0.2) is 0 Å². The Morgan fingerprint density at radius 2 is 2.14 bits per heavy atom. The lowest BCUT2D eigenvalue weighted by Crippen LogP contribution is -2.42. The Bertz CT molecular complexity index is 452. The van der Waals surface area contributed by atoms with E-state index in [2.05, 4.69) is 24.1 Å². The van der Waals surface area contributed by atoms with Gasteiger partial charge in [-0.05, 0) is 37.8 Å². The van der Waals surface area contributed by atoms with Crippen molar-refractivity contribution >= 4 is 5.69 Å². The van der Waals surface area contributed by atoms with Crippen molar-refractivity contribution in [2.45, 2.75) is 39.3 Å². The molecule has 1 aromatic rings. The lowest BCUT2D eigenvalue weighted by molar-refractivity contribution is 0.199. The zero-order chi connectivity index (χ0) is 15.2. The summed E-state index contributed by atoms with van der Waals surface area (Å²) in [7, 11) is 1.67. The Labute approximate surface area is 127 Å². The quantitative estimate of drug-likeness (QED) is 0.816. The van der Waals surface area contributed by atoms with Crippen molar-refractivity contribution in [1.29, 1.82) is 0 Å². The number of benzene rings is 1. The number of piperidine rings is 1. The summed E-state index contributed by atoms with van der Waals surface area (Å²) in [5.41, 5.74) is 1.81. The Hall–Kier alpha value is -1.13. The highest BCUT2D eigenvalue weighted by atomic mass is 19.1. The molecule has 0 amide bonds. The smallest absolute Gasteiger partial charge is 0.129 e. The normalized spacial score (nSPS) is 22.6. The Morgan fingerprint density at radius 3 is 2.90 bits per heavy atom. The van der Waals surface area contributed by atoms with Crippen molar-refractivity contribution in [1.82, 2.24) is 5.32 Å². The van der Waals surface area contributed by atoms with Gasteiger partial charge >= 0.3 is 0 Å². The Morgan fingerprint density at radius 1 is 1.33 bits per heavy atom. The second kappa shape index (κ2) is 7.76. The van der Waals surface area contributed by atoms with E-state index in [1.165, 1.54) is 12.8 Å². The first-order valence-electron chi connectivity index (χ1n) is 7.87. The molecule has 2 rings (SSSR count). The van der Waals surface area contributed by atoms with E-state index in [1.807, 2.05) is 12.1 Å². The fourth-order valence-corrected chi connectivity index (χ4v) is 3.00. The molecule has 1 N–H and O–H groups in total. The van der Waals surface area contributed by atoms with Crippen LogP contribution < -0.4 is 10.2 Å². The highest BCUT2D eigenvalue weighted by Gasteiger charge is 2.25. The second-order valence-electron chi connectivity index (χ2n) is 6.09. The van der Waals surface area contributed by atoms with Gasteiger partial charge in [-0.1, -0.05) is 13.0 Å². The first kappa shape index (κ1) is 16.2. The molecule has 118 valence electrons. The van der Waals surface area contributed by atoms with Crippen LogP contribution in [0.15, 0.2) is 18.2 Å². The molecule has 1 aliphatic heterocycles. The number of rotatable bonds is 6. The third kappa shape index (κ3) is 4.17. The fourth-order valence-electron chi connectivity index (χ4n) is 3.00. The number of anilines is 1. The van der Waals surface area contributed by atoms with Crippen LogP contribution >= 0.6 is 0 Å². The summed E-state index contributed by atoms with van der Waals surface area (Å²) < 4.78 is 19.3. The lowest BCUT2D eigenvalue weighted by atomic mass is 9.93. The molecular weight excluding hydrogens is 267 g/mol. The molecule has 0 saturated carbocycles. The van der Waals surface area contributed by atoms with E-state index >= 15 is 0 Å². The highest BCUT2D eigenvalue weighted by Crippen LogP contribution is 2.31. The molecule has 2 unspecified atom stereocenters. The van der Waals surface area contributed by atoms with E-state index in [-0.39, 0.29) is 5.82 Å². The largest absolute Gasteiger partial charge is 0.383 e. The van der Waals surface area contributed by atoms with Crippen molar-refractivity contribution in [3.05, 3.63) is 29.6 Å². The Balaban J connectivity index is 2.15. The van der Waals surface area contributed by atoms with Crippen LogP contribution in [0.1, 0.15) is 32.3 Å². The first-order valence-corrected chi connectivity index (χ1v) is 7.87. The molecular formula is C17H27FN2O. The molecule has 1 saturated heterocycles.